The summed E-state index contributed by atoms with van der Waals surface area (Å²) < 4.78 is 28.4. The van der Waals surface area contributed by atoms with Crippen LogP contribution in [0.3, 0.4) is 0 Å². The summed E-state index contributed by atoms with van der Waals surface area (Å²) in [4.78, 5) is 27.3. The van der Waals surface area contributed by atoms with Crippen LogP contribution < -0.4 is 4.90 Å². The number of carbonyl (C=O) groups excluding carboxylic acids is 2. The van der Waals surface area contributed by atoms with E-state index in [1.165, 1.54) is 11.3 Å². The zero-order valence-electron chi connectivity index (χ0n) is 15.2. The van der Waals surface area contributed by atoms with Gasteiger partial charge in [0.25, 0.3) is 5.91 Å². The Morgan fingerprint density at radius 2 is 1.90 bits per heavy atom. The van der Waals surface area contributed by atoms with Crippen LogP contribution in [0.25, 0.3) is 0 Å². The van der Waals surface area contributed by atoms with Crippen molar-refractivity contribution < 1.29 is 23.5 Å². The van der Waals surface area contributed by atoms with Crippen LogP contribution in [-0.4, -0.2) is 16.8 Å². The third-order valence-electron chi connectivity index (χ3n) is 4.72. The van der Waals surface area contributed by atoms with Gasteiger partial charge in [0.05, 0.1) is 22.2 Å². The van der Waals surface area contributed by atoms with E-state index >= 15 is 0 Å². The number of aliphatic hydroxyl groups is 1. The quantitative estimate of drug-likeness (QED) is 0.607. The molecule has 0 saturated heterocycles. The van der Waals surface area contributed by atoms with E-state index in [0.717, 1.165) is 28.7 Å². The minimum absolute atomic E-state index is 0.160. The number of amides is 1. The summed E-state index contributed by atoms with van der Waals surface area (Å²) in [5.74, 6) is -3.83. The van der Waals surface area contributed by atoms with Gasteiger partial charge in [0.2, 0.25) is 5.78 Å². The number of carbonyl (C=O) groups is 2. The molecule has 0 aliphatic carbocycles. The van der Waals surface area contributed by atoms with Crippen LogP contribution in [0.4, 0.5) is 14.5 Å². The summed E-state index contributed by atoms with van der Waals surface area (Å²) in [6.45, 7) is 1.83. The average Bonchev–Trinajstić information content (AvgIpc) is 3.31. The summed E-state index contributed by atoms with van der Waals surface area (Å²) in [7, 11) is 0. The van der Waals surface area contributed by atoms with E-state index in [9.17, 15) is 23.5 Å². The molecule has 0 radical (unpaired) electrons. The Labute approximate surface area is 169 Å². The molecule has 2 aromatic carbocycles. The van der Waals surface area contributed by atoms with Gasteiger partial charge in [0.15, 0.2) is 5.76 Å². The molecule has 1 unspecified atom stereocenters. The Kier molecular flexibility index (Phi) is 4.76. The van der Waals surface area contributed by atoms with Crippen molar-refractivity contribution in [3.05, 3.63) is 98.9 Å². The normalized spacial score (nSPS) is 16.6. The summed E-state index contributed by atoms with van der Waals surface area (Å²) in [6.07, 6.45) is 0. The van der Waals surface area contributed by atoms with Crippen LogP contribution in [0.1, 0.15) is 26.8 Å². The number of hydrogen-bond donors (Lipinski definition) is 1. The molecule has 0 bridgehead atoms. The third kappa shape index (κ3) is 3.23. The van der Waals surface area contributed by atoms with E-state index in [2.05, 4.69) is 0 Å². The SMILES string of the molecule is Cc1cccc(C2C(C(=O)c3cccs3)=C(O)C(=O)N2c2cc(F)ccc2F)c1. The first kappa shape index (κ1) is 19.0. The van der Waals surface area contributed by atoms with Gasteiger partial charge in [-0.25, -0.2) is 8.78 Å². The van der Waals surface area contributed by atoms with Crippen molar-refractivity contribution in [3.8, 4) is 0 Å². The van der Waals surface area contributed by atoms with Gasteiger partial charge in [-0.15, -0.1) is 11.3 Å². The molecule has 1 aromatic heterocycles. The van der Waals surface area contributed by atoms with Crippen molar-refractivity contribution in [1.82, 2.24) is 0 Å². The fraction of sp³-hybridized carbons (Fsp3) is 0.0909. The molecule has 1 amide bonds. The van der Waals surface area contributed by atoms with Crippen LogP contribution in [0.2, 0.25) is 0 Å². The molecule has 0 spiro atoms. The minimum atomic E-state index is -1.09. The number of halogens is 2. The number of ketones is 1. The molecule has 3 aromatic rings. The standard InChI is InChI=1S/C22H15F2NO3S/c1-12-4-2-5-13(10-12)19-18(20(26)17-6-3-9-29-17)21(27)22(28)25(19)16-11-14(23)7-8-15(16)24/h2-11,19,27H,1H3. The number of rotatable bonds is 4. The second-order valence-corrected chi connectivity index (χ2v) is 7.60. The smallest absolute Gasteiger partial charge is 0.294 e. The molecule has 2 heterocycles. The first-order valence-electron chi connectivity index (χ1n) is 8.75. The van der Waals surface area contributed by atoms with Crippen molar-refractivity contribution in [2.45, 2.75) is 13.0 Å². The van der Waals surface area contributed by atoms with Crippen molar-refractivity contribution >= 4 is 28.7 Å². The highest BCUT2D eigenvalue weighted by atomic mass is 32.1. The summed E-state index contributed by atoms with van der Waals surface area (Å²) >= 11 is 1.17. The van der Waals surface area contributed by atoms with E-state index in [1.807, 2.05) is 13.0 Å². The van der Waals surface area contributed by atoms with Gasteiger partial charge in [-0.2, -0.15) is 0 Å². The monoisotopic (exact) mass is 411 g/mol. The van der Waals surface area contributed by atoms with Crippen molar-refractivity contribution in [1.29, 1.82) is 0 Å². The number of thiophene rings is 1. The first-order chi connectivity index (χ1) is 13.9. The van der Waals surface area contributed by atoms with Crippen LogP contribution in [-0.2, 0) is 4.79 Å². The summed E-state index contributed by atoms with van der Waals surface area (Å²) in [5, 5.41) is 12.3. The highest BCUT2D eigenvalue weighted by Crippen LogP contribution is 2.43. The lowest BCUT2D eigenvalue weighted by atomic mass is 9.94. The Morgan fingerprint density at radius 3 is 2.59 bits per heavy atom. The van der Waals surface area contributed by atoms with Crippen LogP contribution in [0.5, 0.6) is 0 Å². The van der Waals surface area contributed by atoms with E-state index in [4.69, 9.17) is 0 Å². The fourth-order valence-electron chi connectivity index (χ4n) is 3.45. The lowest BCUT2D eigenvalue weighted by Crippen LogP contribution is -2.32. The maximum Gasteiger partial charge on any atom is 0.294 e. The van der Waals surface area contributed by atoms with Gasteiger partial charge in [0, 0.05) is 6.07 Å². The molecule has 4 nitrogen and oxygen atoms in total. The third-order valence-corrected chi connectivity index (χ3v) is 5.59. The minimum Gasteiger partial charge on any atom is -0.503 e. The fourth-order valence-corrected chi connectivity index (χ4v) is 4.13. The predicted octanol–water partition coefficient (Wildman–Crippen LogP) is 5.12. The van der Waals surface area contributed by atoms with Crippen LogP contribution >= 0.6 is 11.3 Å². The van der Waals surface area contributed by atoms with Crippen molar-refractivity contribution in [2.24, 2.45) is 0 Å². The Hall–Kier alpha value is -3.32. The maximum absolute atomic E-state index is 14.5. The molecule has 29 heavy (non-hydrogen) atoms. The molecule has 7 heteroatoms. The predicted molar refractivity (Wildman–Crippen MR) is 106 cm³/mol. The van der Waals surface area contributed by atoms with Gasteiger partial charge in [-0.3, -0.25) is 14.5 Å². The molecule has 1 aliphatic heterocycles. The van der Waals surface area contributed by atoms with Gasteiger partial charge in [-0.05, 0) is 36.1 Å². The number of hydrogen-bond acceptors (Lipinski definition) is 4. The van der Waals surface area contributed by atoms with Gasteiger partial charge in [-0.1, -0.05) is 35.9 Å². The number of aryl methyl sites for hydroxylation is 1. The average molecular weight is 411 g/mol. The molecule has 146 valence electrons. The lowest BCUT2D eigenvalue weighted by molar-refractivity contribution is -0.117. The number of nitrogens with zero attached hydrogens (tertiary/aromatic N) is 1. The van der Waals surface area contributed by atoms with Gasteiger partial charge in [0.1, 0.15) is 11.6 Å². The second-order valence-electron chi connectivity index (χ2n) is 6.66. The highest BCUT2D eigenvalue weighted by molar-refractivity contribution is 7.12. The van der Waals surface area contributed by atoms with Crippen molar-refractivity contribution in [3.63, 3.8) is 0 Å². The maximum atomic E-state index is 14.5. The highest BCUT2D eigenvalue weighted by Gasteiger charge is 2.45. The molecular weight excluding hydrogens is 396 g/mol. The lowest BCUT2D eigenvalue weighted by Gasteiger charge is -2.27. The largest absolute Gasteiger partial charge is 0.503 e. The van der Waals surface area contributed by atoms with E-state index in [-0.39, 0.29) is 11.3 Å². The Balaban J connectivity index is 1.94. The summed E-state index contributed by atoms with van der Waals surface area (Å²) in [5.41, 5.74) is 0.851. The zero-order chi connectivity index (χ0) is 20.7. The van der Waals surface area contributed by atoms with Gasteiger partial charge >= 0.3 is 0 Å². The van der Waals surface area contributed by atoms with E-state index in [0.29, 0.717) is 10.4 Å². The zero-order valence-corrected chi connectivity index (χ0v) is 16.0. The topological polar surface area (TPSA) is 57.6 Å². The molecule has 0 saturated carbocycles. The Morgan fingerprint density at radius 1 is 1.10 bits per heavy atom. The van der Waals surface area contributed by atoms with Gasteiger partial charge < -0.3 is 5.11 Å². The second kappa shape index (κ2) is 7.25. The molecular formula is C22H15F2NO3S. The van der Waals surface area contributed by atoms with Crippen LogP contribution in [0, 0.1) is 18.6 Å². The van der Waals surface area contributed by atoms with Crippen LogP contribution in [0.15, 0.2) is 71.3 Å². The number of anilines is 1. The van der Waals surface area contributed by atoms with E-state index in [1.54, 1.807) is 35.7 Å². The summed E-state index contributed by atoms with van der Waals surface area (Å²) in [6, 6.07) is 11.9. The van der Waals surface area contributed by atoms with Crippen molar-refractivity contribution in [2.75, 3.05) is 4.90 Å². The Bertz CT molecular complexity index is 1150. The molecule has 1 aliphatic rings. The molecule has 4 rings (SSSR count). The van der Waals surface area contributed by atoms with E-state index < -0.39 is 35.1 Å². The first-order valence-corrected chi connectivity index (χ1v) is 9.63. The number of Topliss-reactive ketones (excluding diaryl/α,β-unsaturated/α-hetero) is 1. The molecule has 1 N–H and O–H groups in total. The molecule has 0 fully saturated rings. The number of aliphatic hydroxyl groups excluding tert-OH is 1. The molecule has 1 atom stereocenters. The number of benzene rings is 2.